The summed E-state index contributed by atoms with van der Waals surface area (Å²) < 4.78 is 33.6. The highest BCUT2D eigenvalue weighted by Crippen LogP contribution is 2.43. The van der Waals surface area contributed by atoms with Crippen LogP contribution < -0.4 is 15.4 Å². The first kappa shape index (κ1) is 28.9. The predicted octanol–water partition coefficient (Wildman–Crippen LogP) is 4.15. The molecule has 1 saturated heterocycles. The maximum atomic E-state index is 13.5. The van der Waals surface area contributed by atoms with E-state index in [1.165, 1.54) is 29.0 Å². The van der Waals surface area contributed by atoms with Crippen molar-refractivity contribution in [3.8, 4) is 0 Å². The number of rotatable bonds is 9. The zero-order valence-corrected chi connectivity index (χ0v) is 24.1. The standard InChI is InChI=1S/C28H34FN6O5P/c1-19(2)26(40-41(37,38)39)35-25(36)12-15-30-27(35)32(3)22-13-16-33(17-14-22)28-31-23-6-4-5-7-24(23)34(28)18-20-8-10-21(29)11-9-20/h4-12,15,19,22,26H,13-14,16-18H2,1-3H3,(H2,37,38,39). The third kappa shape index (κ3) is 6.36. The van der Waals surface area contributed by atoms with Crippen LogP contribution in [0.2, 0.25) is 0 Å². The predicted molar refractivity (Wildman–Crippen MR) is 154 cm³/mol. The van der Waals surface area contributed by atoms with Gasteiger partial charge in [-0.15, -0.1) is 0 Å². The zero-order chi connectivity index (χ0) is 29.3. The van der Waals surface area contributed by atoms with Gasteiger partial charge in [0, 0.05) is 38.4 Å². The molecule has 5 rings (SSSR count). The van der Waals surface area contributed by atoms with Crippen LogP contribution in [0, 0.1) is 11.7 Å². The Morgan fingerprint density at radius 2 is 1.78 bits per heavy atom. The zero-order valence-electron chi connectivity index (χ0n) is 23.2. The maximum absolute atomic E-state index is 13.5. The number of para-hydroxylation sites is 2. The molecule has 4 aromatic rings. The van der Waals surface area contributed by atoms with Gasteiger partial charge in [0.2, 0.25) is 11.9 Å². The van der Waals surface area contributed by atoms with Crippen LogP contribution in [0.5, 0.6) is 0 Å². The van der Waals surface area contributed by atoms with Crippen molar-refractivity contribution in [3.05, 3.63) is 82.5 Å². The average molecular weight is 585 g/mol. The minimum Gasteiger partial charge on any atom is -0.342 e. The SMILES string of the molecule is CC(C)C(OP(=O)(O)O)n1c(N(C)C2CCN(c3nc4ccccc4n3Cc3ccc(F)cc3)CC2)nccc1=O. The number of phosphoric ester groups is 1. The normalized spacial score (nSPS) is 15.5. The Labute approximate surface area is 237 Å². The molecule has 41 heavy (non-hydrogen) atoms. The first-order valence-electron chi connectivity index (χ1n) is 13.5. The highest BCUT2D eigenvalue weighted by Gasteiger charge is 2.32. The number of halogens is 1. The van der Waals surface area contributed by atoms with Gasteiger partial charge in [-0.3, -0.25) is 13.9 Å². The number of imidazole rings is 1. The lowest BCUT2D eigenvalue weighted by Crippen LogP contribution is -2.46. The van der Waals surface area contributed by atoms with E-state index in [-0.39, 0.29) is 17.8 Å². The number of benzene rings is 2. The molecule has 0 aliphatic carbocycles. The highest BCUT2D eigenvalue weighted by molar-refractivity contribution is 7.46. The third-order valence-corrected chi connectivity index (χ3v) is 7.92. The molecule has 0 spiro atoms. The summed E-state index contributed by atoms with van der Waals surface area (Å²) in [5, 5.41) is 0. The van der Waals surface area contributed by atoms with E-state index in [1.54, 1.807) is 26.0 Å². The summed E-state index contributed by atoms with van der Waals surface area (Å²) in [7, 11) is -3.04. The molecule has 1 aliphatic rings. The van der Waals surface area contributed by atoms with Crippen LogP contribution in [-0.4, -0.2) is 55.1 Å². The van der Waals surface area contributed by atoms with E-state index >= 15 is 0 Å². The number of anilines is 2. The van der Waals surface area contributed by atoms with Crippen molar-refractivity contribution < 1.29 is 23.3 Å². The quantitative estimate of drug-likeness (QED) is 0.279. The number of hydrogen-bond donors (Lipinski definition) is 2. The Bertz CT molecular complexity index is 1610. The summed E-state index contributed by atoms with van der Waals surface area (Å²) in [6.45, 7) is 5.36. The molecule has 218 valence electrons. The molecule has 0 radical (unpaired) electrons. The van der Waals surface area contributed by atoms with Crippen LogP contribution in [0.25, 0.3) is 11.0 Å². The van der Waals surface area contributed by atoms with Crippen molar-refractivity contribution in [2.24, 2.45) is 5.92 Å². The number of aromatic nitrogens is 4. The number of hydrogen-bond acceptors (Lipinski definition) is 7. The van der Waals surface area contributed by atoms with Crippen molar-refractivity contribution >= 4 is 30.8 Å². The smallest absolute Gasteiger partial charge is 0.342 e. The Hall–Kier alpha value is -3.57. The molecular weight excluding hydrogens is 550 g/mol. The molecule has 0 amide bonds. The van der Waals surface area contributed by atoms with Gasteiger partial charge >= 0.3 is 7.82 Å². The Balaban J connectivity index is 1.39. The Kier molecular flexibility index (Phi) is 8.28. The van der Waals surface area contributed by atoms with E-state index in [1.807, 2.05) is 36.2 Å². The molecule has 0 saturated carbocycles. The summed E-state index contributed by atoms with van der Waals surface area (Å²) in [6, 6.07) is 15.7. The molecule has 13 heteroatoms. The van der Waals surface area contributed by atoms with Gasteiger partial charge in [0.15, 0.2) is 6.23 Å². The molecule has 1 atom stereocenters. The molecule has 1 unspecified atom stereocenters. The number of nitrogens with zero attached hydrogens (tertiary/aromatic N) is 6. The molecule has 11 nitrogen and oxygen atoms in total. The van der Waals surface area contributed by atoms with Crippen LogP contribution >= 0.6 is 7.82 Å². The largest absolute Gasteiger partial charge is 0.471 e. The van der Waals surface area contributed by atoms with Crippen LogP contribution in [0.1, 0.15) is 38.5 Å². The summed E-state index contributed by atoms with van der Waals surface area (Å²) in [6.07, 6.45) is 1.66. The molecule has 1 fully saturated rings. The molecule has 2 aromatic heterocycles. The lowest BCUT2D eigenvalue weighted by atomic mass is 10.0. The van der Waals surface area contributed by atoms with Gasteiger partial charge in [-0.2, -0.15) is 0 Å². The Morgan fingerprint density at radius 3 is 2.44 bits per heavy atom. The van der Waals surface area contributed by atoms with E-state index in [9.17, 15) is 23.5 Å². The second-order valence-electron chi connectivity index (χ2n) is 10.6. The fraction of sp³-hybridized carbons (Fsp3) is 0.393. The van der Waals surface area contributed by atoms with Crippen LogP contribution in [0.4, 0.5) is 16.3 Å². The van der Waals surface area contributed by atoms with Crippen molar-refractivity contribution in [1.29, 1.82) is 0 Å². The van der Waals surface area contributed by atoms with E-state index in [0.29, 0.717) is 19.6 Å². The molecule has 2 aromatic carbocycles. The van der Waals surface area contributed by atoms with Gasteiger partial charge in [-0.1, -0.05) is 38.1 Å². The molecule has 2 N–H and O–H groups in total. The lowest BCUT2D eigenvalue weighted by Gasteiger charge is -2.39. The lowest BCUT2D eigenvalue weighted by molar-refractivity contribution is 0.0443. The van der Waals surface area contributed by atoms with Crippen LogP contribution in [0.15, 0.2) is 65.6 Å². The van der Waals surface area contributed by atoms with Crippen LogP contribution in [0.3, 0.4) is 0 Å². The van der Waals surface area contributed by atoms with Crippen molar-refractivity contribution in [2.75, 3.05) is 29.9 Å². The van der Waals surface area contributed by atoms with E-state index in [0.717, 1.165) is 35.4 Å². The summed E-state index contributed by atoms with van der Waals surface area (Å²) in [5.41, 5.74) is 2.39. The molecule has 3 heterocycles. The van der Waals surface area contributed by atoms with Gasteiger partial charge in [-0.05, 0) is 48.6 Å². The first-order chi connectivity index (χ1) is 19.5. The van der Waals surface area contributed by atoms with Crippen LogP contribution in [-0.2, 0) is 15.6 Å². The molecule has 0 bridgehead atoms. The second kappa shape index (κ2) is 11.7. The van der Waals surface area contributed by atoms with Crippen molar-refractivity contribution in [1.82, 2.24) is 19.1 Å². The summed E-state index contributed by atoms with van der Waals surface area (Å²) in [4.78, 5) is 45.4. The topological polar surface area (TPSA) is 126 Å². The maximum Gasteiger partial charge on any atom is 0.471 e. The van der Waals surface area contributed by atoms with E-state index in [4.69, 9.17) is 9.51 Å². The van der Waals surface area contributed by atoms with Gasteiger partial charge in [0.05, 0.1) is 17.6 Å². The fourth-order valence-electron chi connectivity index (χ4n) is 5.37. The monoisotopic (exact) mass is 584 g/mol. The molecular formula is C28H34FN6O5P. The number of piperidine rings is 1. The van der Waals surface area contributed by atoms with Crippen molar-refractivity contribution in [3.63, 3.8) is 0 Å². The van der Waals surface area contributed by atoms with Gasteiger partial charge < -0.3 is 24.2 Å². The fourth-order valence-corrected chi connectivity index (χ4v) is 5.98. The highest BCUT2D eigenvalue weighted by atomic mass is 31.2. The van der Waals surface area contributed by atoms with Gasteiger partial charge in [0.1, 0.15) is 5.82 Å². The summed E-state index contributed by atoms with van der Waals surface area (Å²) in [5.74, 6) is 0.433. The molecule has 1 aliphatic heterocycles. The third-order valence-electron chi connectivity index (χ3n) is 7.43. The second-order valence-corrected chi connectivity index (χ2v) is 11.8. The first-order valence-corrected chi connectivity index (χ1v) is 15.0. The van der Waals surface area contributed by atoms with E-state index < -0.39 is 25.5 Å². The van der Waals surface area contributed by atoms with Crippen molar-refractivity contribution in [2.45, 2.75) is 45.5 Å². The average Bonchev–Trinajstić information content (AvgIpc) is 3.30. The summed E-state index contributed by atoms with van der Waals surface area (Å²) >= 11 is 0. The minimum atomic E-state index is -4.87. The van der Waals surface area contributed by atoms with Gasteiger partial charge in [0.25, 0.3) is 5.56 Å². The Morgan fingerprint density at radius 1 is 1.10 bits per heavy atom. The number of fused-ring (bicyclic) bond motifs is 1. The van der Waals surface area contributed by atoms with Gasteiger partial charge in [-0.25, -0.2) is 18.9 Å². The van der Waals surface area contributed by atoms with E-state index in [2.05, 4.69) is 14.5 Å². The number of phosphoric acid groups is 1. The minimum absolute atomic E-state index is 0.00426.